The highest BCUT2D eigenvalue weighted by Crippen LogP contribution is 2.31. The summed E-state index contributed by atoms with van der Waals surface area (Å²) < 4.78 is 5.15. The molecule has 0 spiro atoms. The molecule has 0 radical (unpaired) electrons. The molecule has 19 heavy (non-hydrogen) atoms. The van der Waals surface area contributed by atoms with E-state index in [0.29, 0.717) is 6.42 Å². The van der Waals surface area contributed by atoms with Crippen LogP contribution in [0, 0.1) is 0 Å². The first-order chi connectivity index (χ1) is 9.01. The van der Waals surface area contributed by atoms with Crippen LogP contribution in [0.25, 0.3) is 0 Å². The predicted octanol–water partition coefficient (Wildman–Crippen LogP) is 2.55. The topological polar surface area (TPSA) is 32.7 Å². The summed E-state index contributed by atoms with van der Waals surface area (Å²) in [6.07, 6.45) is 3.98. The quantitative estimate of drug-likeness (QED) is 0.846. The Morgan fingerprint density at radius 3 is 2.53 bits per heavy atom. The third-order valence-electron chi connectivity index (χ3n) is 3.79. The fourth-order valence-electron chi connectivity index (χ4n) is 2.47. The van der Waals surface area contributed by atoms with E-state index in [0.717, 1.165) is 30.8 Å². The minimum absolute atomic E-state index is 0.702. The third-order valence-corrected chi connectivity index (χ3v) is 3.79. The number of aliphatic hydroxyl groups is 1. The lowest BCUT2D eigenvalue weighted by molar-refractivity contribution is 0.0558. The summed E-state index contributed by atoms with van der Waals surface area (Å²) in [7, 11) is 3.77. The molecule has 0 aromatic heterocycles. The fourth-order valence-corrected chi connectivity index (χ4v) is 2.47. The zero-order chi connectivity index (χ0) is 13.9. The normalized spacial score (nSPS) is 19.7. The highest BCUT2D eigenvalue weighted by atomic mass is 16.5. The van der Waals surface area contributed by atoms with Gasteiger partial charge in [0.05, 0.1) is 12.7 Å². The van der Waals surface area contributed by atoms with Gasteiger partial charge in [0, 0.05) is 19.5 Å². The maximum Gasteiger partial charge on any atom is 0.118 e. The molecule has 0 saturated carbocycles. The van der Waals surface area contributed by atoms with Crippen LogP contribution in [0.3, 0.4) is 0 Å². The summed E-state index contributed by atoms with van der Waals surface area (Å²) in [5.74, 6) is 0.818. The van der Waals surface area contributed by atoms with Crippen LogP contribution in [0.1, 0.15) is 25.3 Å². The van der Waals surface area contributed by atoms with E-state index in [9.17, 15) is 5.11 Å². The fraction of sp³-hybridized carbons (Fsp3) is 0.500. The lowest BCUT2D eigenvalue weighted by Crippen LogP contribution is -2.28. The summed E-state index contributed by atoms with van der Waals surface area (Å²) in [5, 5.41) is 10.7. The van der Waals surface area contributed by atoms with Crippen molar-refractivity contribution in [3.8, 4) is 5.75 Å². The lowest BCUT2D eigenvalue weighted by atomic mass is 9.87. The smallest absolute Gasteiger partial charge is 0.118 e. The monoisotopic (exact) mass is 261 g/mol. The second kappa shape index (κ2) is 5.76. The van der Waals surface area contributed by atoms with Crippen molar-refractivity contribution >= 4 is 0 Å². The number of ether oxygens (including phenoxy) is 1. The van der Waals surface area contributed by atoms with Crippen molar-refractivity contribution in [3.05, 3.63) is 41.5 Å². The number of hydrogen-bond donors (Lipinski definition) is 1. The molecular formula is C16H23NO2. The van der Waals surface area contributed by atoms with Gasteiger partial charge in [0.25, 0.3) is 0 Å². The Labute approximate surface area is 115 Å². The van der Waals surface area contributed by atoms with Crippen molar-refractivity contribution < 1.29 is 9.84 Å². The van der Waals surface area contributed by atoms with Crippen LogP contribution in [0.2, 0.25) is 0 Å². The molecule has 1 aliphatic heterocycles. The van der Waals surface area contributed by atoms with Crippen LogP contribution < -0.4 is 4.74 Å². The molecule has 0 bridgehead atoms. The molecule has 1 aromatic carbocycles. The van der Waals surface area contributed by atoms with Crippen LogP contribution in [-0.2, 0) is 5.60 Å². The molecule has 1 unspecified atom stereocenters. The summed E-state index contributed by atoms with van der Waals surface area (Å²) >= 11 is 0. The average molecular weight is 261 g/mol. The first-order valence-electron chi connectivity index (χ1n) is 6.74. The SMILES string of the molecule is COc1ccc(C(C)(O)CC2=CCN(C)CC2)cc1. The standard InChI is InChI=1S/C16H23NO2/c1-16(18,12-13-8-10-17(2)11-9-13)14-4-6-15(19-3)7-5-14/h4-8,18H,9-12H2,1-3H3. The average Bonchev–Trinajstić information content (AvgIpc) is 2.41. The number of methoxy groups -OCH3 is 1. The zero-order valence-electron chi connectivity index (χ0n) is 12.0. The molecule has 1 N–H and O–H groups in total. The van der Waals surface area contributed by atoms with E-state index < -0.39 is 5.60 Å². The molecule has 0 saturated heterocycles. The van der Waals surface area contributed by atoms with Gasteiger partial charge in [-0.25, -0.2) is 0 Å². The Kier molecular flexibility index (Phi) is 4.27. The van der Waals surface area contributed by atoms with E-state index in [4.69, 9.17) is 4.74 Å². The summed E-state index contributed by atoms with van der Waals surface area (Å²) in [6.45, 7) is 3.94. The van der Waals surface area contributed by atoms with Crippen molar-refractivity contribution in [3.63, 3.8) is 0 Å². The molecule has 0 fully saturated rings. The minimum atomic E-state index is -0.811. The van der Waals surface area contributed by atoms with Crippen LogP contribution in [-0.4, -0.2) is 37.3 Å². The molecule has 1 atom stereocenters. The van der Waals surface area contributed by atoms with Crippen LogP contribution in [0.4, 0.5) is 0 Å². The Balaban J connectivity index is 2.08. The molecule has 0 aliphatic carbocycles. The van der Waals surface area contributed by atoms with Gasteiger partial charge in [0.15, 0.2) is 0 Å². The molecule has 1 heterocycles. The molecule has 3 heteroatoms. The van der Waals surface area contributed by atoms with Crippen LogP contribution >= 0.6 is 0 Å². The van der Waals surface area contributed by atoms with E-state index in [1.807, 2.05) is 31.2 Å². The van der Waals surface area contributed by atoms with Crippen LogP contribution in [0.15, 0.2) is 35.9 Å². The second-order valence-electron chi connectivity index (χ2n) is 5.55. The first-order valence-corrected chi connectivity index (χ1v) is 6.74. The zero-order valence-corrected chi connectivity index (χ0v) is 12.0. The van der Waals surface area contributed by atoms with Gasteiger partial charge in [0.1, 0.15) is 5.75 Å². The van der Waals surface area contributed by atoms with Gasteiger partial charge < -0.3 is 14.7 Å². The van der Waals surface area contributed by atoms with E-state index in [-0.39, 0.29) is 0 Å². The summed E-state index contributed by atoms with van der Waals surface area (Å²) in [4.78, 5) is 2.28. The molecule has 3 nitrogen and oxygen atoms in total. The van der Waals surface area contributed by atoms with E-state index in [1.54, 1.807) is 7.11 Å². The van der Waals surface area contributed by atoms with E-state index in [2.05, 4.69) is 18.0 Å². The number of likely N-dealkylation sites (N-methyl/N-ethyl adjacent to an activating group) is 1. The maximum absolute atomic E-state index is 10.7. The van der Waals surface area contributed by atoms with E-state index in [1.165, 1.54) is 5.57 Å². The molecular weight excluding hydrogens is 238 g/mol. The van der Waals surface area contributed by atoms with Gasteiger partial charge in [-0.1, -0.05) is 23.8 Å². The Morgan fingerprint density at radius 1 is 1.32 bits per heavy atom. The molecule has 1 aliphatic rings. The van der Waals surface area contributed by atoms with E-state index >= 15 is 0 Å². The summed E-state index contributed by atoms with van der Waals surface area (Å²) in [5.41, 5.74) is 1.47. The highest BCUT2D eigenvalue weighted by Gasteiger charge is 2.25. The van der Waals surface area contributed by atoms with Crippen molar-refractivity contribution in [1.29, 1.82) is 0 Å². The number of nitrogens with zero attached hydrogens (tertiary/aromatic N) is 1. The second-order valence-corrected chi connectivity index (χ2v) is 5.55. The Bertz CT molecular complexity index is 448. The van der Waals surface area contributed by atoms with Gasteiger partial charge >= 0.3 is 0 Å². The van der Waals surface area contributed by atoms with Gasteiger partial charge in [-0.3, -0.25) is 0 Å². The Morgan fingerprint density at radius 2 is 2.00 bits per heavy atom. The number of rotatable bonds is 4. The van der Waals surface area contributed by atoms with Gasteiger partial charge in [0.2, 0.25) is 0 Å². The molecule has 104 valence electrons. The Hall–Kier alpha value is -1.32. The van der Waals surface area contributed by atoms with Gasteiger partial charge in [-0.2, -0.15) is 0 Å². The van der Waals surface area contributed by atoms with Crippen LogP contribution in [0.5, 0.6) is 5.75 Å². The van der Waals surface area contributed by atoms with Crippen molar-refractivity contribution in [2.24, 2.45) is 0 Å². The number of hydrogen-bond acceptors (Lipinski definition) is 3. The molecule has 2 rings (SSSR count). The summed E-state index contributed by atoms with van der Waals surface area (Å²) in [6, 6.07) is 7.67. The molecule has 1 aromatic rings. The maximum atomic E-state index is 10.7. The van der Waals surface area contributed by atoms with Gasteiger partial charge in [-0.15, -0.1) is 0 Å². The first kappa shape index (κ1) is 14.1. The number of benzene rings is 1. The third kappa shape index (κ3) is 3.58. The van der Waals surface area contributed by atoms with Crippen molar-refractivity contribution in [2.75, 3.05) is 27.2 Å². The lowest BCUT2D eigenvalue weighted by Gasteiger charge is -2.29. The van der Waals surface area contributed by atoms with Crippen molar-refractivity contribution in [1.82, 2.24) is 4.90 Å². The largest absolute Gasteiger partial charge is 0.497 e. The highest BCUT2D eigenvalue weighted by molar-refractivity contribution is 5.31. The minimum Gasteiger partial charge on any atom is -0.497 e. The predicted molar refractivity (Wildman–Crippen MR) is 77.4 cm³/mol. The van der Waals surface area contributed by atoms with Crippen molar-refractivity contribution in [2.45, 2.75) is 25.4 Å². The molecule has 0 amide bonds. The van der Waals surface area contributed by atoms with Gasteiger partial charge in [-0.05, 0) is 38.1 Å².